The molecule has 5 nitrogen and oxygen atoms in total. The number of nitrogens with one attached hydrogen (secondary N) is 2. The first-order valence-corrected chi connectivity index (χ1v) is 6.26. The molecule has 2 amide bonds. The molecule has 0 aliphatic rings. The van der Waals surface area contributed by atoms with Gasteiger partial charge in [-0.25, -0.2) is 4.79 Å². The molecule has 0 radical (unpaired) electrons. The van der Waals surface area contributed by atoms with Crippen molar-refractivity contribution in [3.05, 3.63) is 47.5 Å². The first kappa shape index (κ1) is 13.7. The van der Waals surface area contributed by atoms with Crippen molar-refractivity contribution in [2.24, 2.45) is 0 Å². The Balaban J connectivity index is 2.04. The number of rotatable bonds is 2. The molecule has 2 aromatic rings. The lowest BCUT2D eigenvalue weighted by Gasteiger charge is -2.10. The van der Waals surface area contributed by atoms with E-state index in [0.29, 0.717) is 22.7 Å². The third kappa shape index (κ3) is 3.20. The first-order valence-electron chi connectivity index (χ1n) is 6.26. The Bertz CT molecular complexity index is 597. The van der Waals surface area contributed by atoms with Gasteiger partial charge in [0, 0.05) is 22.7 Å². The monoisotopic (exact) mass is 270 g/mol. The molecule has 5 heteroatoms. The smallest absolute Gasteiger partial charge is 0.323 e. The summed E-state index contributed by atoms with van der Waals surface area (Å²) in [7, 11) is 0. The second kappa shape index (κ2) is 5.52. The van der Waals surface area contributed by atoms with Crippen LogP contribution in [0.5, 0.6) is 0 Å². The average Bonchev–Trinajstić information content (AvgIpc) is 2.38. The lowest BCUT2D eigenvalue weighted by molar-refractivity contribution is 0.262. The van der Waals surface area contributed by atoms with Crippen molar-refractivity contribution in [1.82, 2.24) is 0 Å². The Morgan fingerprint density at radius 3 is 1.60 bits per heavy atom. The second-order valence-corrected chi connectivity index (χ2v) is 4.72. The van der Waals surface area contributed by atoms with Gasteiger partial charge < -0.3 is 22.1 Å². The van der Waals surface area contributed by atoms with E-state index in [2.05, 4.69) is 10.6 Å². The third-order valence-electron chi connectivity index (χ3n) is 3.07. The van der Waals surface area contributed by atoms with E-state index >= 15 is 0 Å². The quantitative estimate of drug-likeness (QED) is 0.632. The molecule has 6 N–H and O–H groups in total. The summed E-state index contributed by atoms with van der Waals surface area (Å²) in [4.78, 5) is 11.9. The summed E-state index contributed by atoms with van der Waals surface area (Å²) in [6, 6.07) is 10.4. The van der Waals surface area contributed by atoms with Gasteiger partial charge in [0.05, 0.1) is 0 Å². The van der Waals surface area contributed by atoms with Crippen molar-refractivity contribution in [1.29, 1.82) is 0 Å². The Labute approximate surface area is 118 Å². The normalized spacial score (nSPS) is 10.1. The van der Waals surface area contributed by atoms with Crippen LogP contribution in [0.2, 0.25) is 0 Å². The van der Waals surface area contributed by atoms with E-state index in [1.54, 1.807) is 24.3 Å². The maximum absolute atomic E-state index is 11.9. The molecule has 2 aromatic carbocycles. The number of aryl methyl sites for hydroxylation is 2. The zero-order valence-corrected chi connectivity index (χ0v) is 11.5. The molecule has 0 aliphatic heterocycles. The maximum Gasteiger partial charge on any atom is 0.323 e. The van der Waals surface area contributed by atoms with Gasteiger partial charge in [-0.1, -0.05) is 12.1 Å². The van der Waals surface area contributed by atoms with Crippen molar-refractivity contribution in [3.63, 3.8) is 0 Å². The van der Waals surface area contributed by atoms with Gasteiger partial charge in [0.2, 0.25) is 0 Å². The van der Waals surface area contributed by atoms with Crippen LogP contribution in [0.25, 0.3) is 0 Å². The standard InChI is InChI=1S/C15H18N4O/c1-9-3-5-11(7-13(9)16)18-15(20)19-12-6-4-10(2)14(17)8-12/h3-8H,16-17H2,1-2H3,(H2,18,19,20). The van der Waals surface area contributed by atoms with Crippen LogP contribution in [0.4, 0.5) is 27.5 Å². The summed E-state index contributed by atoms with van der Waals surface area (Å²) in [5.41, 5.74) is 16.1. The van der Waals surface area contributed by atoms with E-state index < -0.39 is 0 Å². The fraction of sp³-hybridized carbons (Fsp3) is 0.133. The minimum Gasteiger partial charge on any atom is -0.398 e. The van der Waals surface area contributed by atoms with Crippen LogP contribution in [0.3, 0.4) is 0 Å². The van der Waals surface area contributed by atoms with Gasteiger partial charge in [0.15, 0.2) is 0 Å². The van der Waals surface area contributed by atoms with Crippen LogP contribution >= 0.6 is 0 Å². The van der Waals surface area contributed by atoms with Crippen molar-refractivity contribution < 1.29 is 4.79 Å². The molecule has 104 valence electrons. The van der Waals surface area contributed by atoms with E-state index in [1.165, 1.54) is 0 Å². The Morgan fingerprint density at radius 2 is 1.25 bits per heavy atom. The summed E-state index contributed by atoms with van der Waals surface area (Å²) in [5, 5.41) is 5.44. The molecule has 0 saturated carbocycles. The summed E-state index contributed by atoms with van der Waals surface area (Å²) >= 11 is 0. The Hall–Kier alpha value is -2.69. The molecule has 0 spiro atoms. The van der Waals surface area contributed by atoms with E-state index in [9.17, 15) is 4.79 Å². The van der Waals surface area contributed by atoms with Crippen LogP contribution in [0, 0.1) is 13.8 Å². The molecule has 0 aliphatic carbocycles. The van der Waals surface area contributed by atoms with Crippen molar-refractivity contribution in [3.8, 4) is 0 Å². The third-order valence-corrected chi connectivity index (χ3v) is 3.07. The summed E-state index contributed by atoms with van der Waals surface area (Å²) in [6.45, 7) is 3.82. The van der Waals surface area contributed by atoms with Gasteiger partial charge in [0.1, 0.15) is 0 Å². The van der Waals surface area contributed by atoms with E-state index in [-0.39, 0.29) is 6.03 Å². The van der Waals surface area contributed by atoms with Gasteiger partial charge in [-0.2, -0.15) is 0 Å². The maximum atomic E-state index is 11.9. The van der Waals surface area contributed by atoms with Crippen LogP contribution < -0.4 is 22.1 Å². The van der Waals surface area contributed by atoms with Gasteiger partial charge in [-0.05, 0) is 49.2 Å². The number of anilines is 4. The van der Waals surface area contributed by atoms with Crippen LogP contribution in [0.15, 0.2) is 36.4 Å². The molecule has 0 bridgehead atoms. The summed E-state index contributed by atoms with van der Waals surface area (Å²) in [6.07, 6.45) is 0. The number of carbonyl (C=O) groups is 1. The van der Waals surface area contributed by atoms with E-state index in [1.807, 2.05) is 26.0 Å². The highest BCUT2D eigenvalue weighted by Gasteiger charge is 2.05. The molecular formula is C15H18N4O. The number of nitrogen functional groups attached to an aromatic ring is 2. The molecule has 20 heavy (non-hydrogen) atoms. The lowest BCUT2D eigenvalue weighted by atomic mass is 10.2. The number of carbonyl (C=O) groups excluding carboxylic acids is 1. The van der Waals surface area contributed by atoms with Gasteiger partial charge in [0.25, 0.3) is 0 Å². The number of hydrogen-bond donors (Lipinski definition) is 4. The fourth-order valence-electron chi connectivity index (χ4n) is 1.73. The Morgan fingerprint density at radius 1 is 0.850 bits per heavy atom. The highest BCUT2D eigenvalue weighted by Crippen LogP contribution is 2.19. The van der Waals surface area contributed by atoms with E-state index in [0.717, 1.165) is 11.1 Å². The predicted octanol–water partition coefficient (Wildman–Crippen LogP) is 3.11. The number of amides is 2. The van der Waals surface area contributed by atoms with Crippen LogP contribution in [-0.4, -0.2) is 6.03 Å². The number of nitrogens with two attached hydrogens (primary N) is 2. The second-order valence-electron chi connectivity index (χ2n) is 4.72. The predicted molar refractivity (Wildman–Crippen MR) is 83.8 cm³/mol. The fourth-order valence-corrected chi connectivity index (χ4v) is 1.73. The SMILES string of the molecule is Cc1ccc(NC(=O)Nc2ccc(C)c(N)c2)cc1N. The number of hydrogen-bond acceptors (Lipinski definition) is 3. The van der Waals surface area contributed by atoms with Crippen LogP contribution in [0.1, 0.15) is 11.1 Å². The lowest BCUT2D eigenvalue weighted by Crippen LogP contribution is -2.19. The molecule has 2 rings (SSSR count). The molecular weight excluding hydrogens is 252 g/mol. The summed E-state index contributed by atoms with van der Waals surface area (Å²) in [5.74, 6) is 0. The number of urea groups is 1. The highest BCUT2D eigenvalue weighted by atomic mass is 16.2. The largest absolute Gasteiger partial charge is 0.398 e. The first-order chi connectivity index (χ1) is 9.45. The zero-order chi connectivity index (χ0) is 14.7. The minimum atomic E-state index is -0.337. The zero-order valence-electron chi connectivity index (χ0n) is 11.5. The van der Waals surface area contributed by atoms with Crippen molar-refractivity contribution in [2.75, 3.05) is 22.1 Å². The molecule has 0 aromatic heterocycles. The van der Waals surface area contributed by atoms with Gasteiger partial charge in [-0.3, -0.25) is 0 Å². The molecule has 0 unspecified atom stereocenters. The average molecular weight is 270 g/mol. The highest BCUT2D eigenvalue weighted by molar-refractivity contribution is 6.00. The topological polar surface area (TPSA) is 93.2 Å². The van der Waals surface area contributed by atoms with Gasteiger partial charge >= 0.3 is 6.03 Å². The molecule has 0 atom stereocenters. The molecule has 0 saturated heterocycles. The van der Waals surface area contributed by atoms with Gasteiger partial charge in [-0.15, -0.1) is 0 Å². The van der Waals surface area contributed by atoms with Crippen molar-refractivity contribution >= 4 is 28.8 Å². The molecule has 0 fully saturated rings. The number of benzene rings is 2. The van der Waals surface area contributed by atoms with E-state index in [4.69, 9.17) is 11.5 Å². The van der Waals surface area contributed by atoms with Crippen LogP contribution in [-0.2, 0) is 0 Å². The summed E-state index contributed by atoms with van der Waals surface area (Å²) < 4.78 is 0. The minimum absolute atomic E-state index is 0.337. The Kier molecular flexibility index (Phi) is 3.79. The molecule has 0 heterocycles. The van der Waals surface area contributed by atoms with Crippen molar-refractivity contribution in [2.45, 2.75) is 13.8 Å².